The number of alkyl halides is 2. The van der Waals surface area contributed by atoms with E-state index in [-0.39, 0.29) is 36.3 Å². The van der Waals surface area contributed by atoms with Crippen LogP contribution in [-0.2, 0) is 20.1 Å². The number of nitrogens with one attached hydrogen (secondary N) is 2. The molecule has 11 heteroatoms. The van der Waals surface area contributed by atoms with Gasteiger partial charge < -0.3 is 25.0 Å². The lowest BCUT2D eigenvalue weighted by Crippen LogP contribution is -2.39. The number of aliphatic hydroxyl groups excluding tert-OH is 1. The molecule has 0 bridgehead atoms. The fourth-order valence-corrected chi connectivity index (χ4v) is 2.88. The summed E-state index contributed by atoms with van der Waals surface area (Å²) in [5, 5.41) is 25.0. The molecule has 0 spiro atoms. The standard InChI is InChI=1S/C22H26F2N6O2.HI/c1-15-28-29-20(30(15)2)14-27-22(25-12-16-6-4-3-5-7-16)26-13-19(31)17-8-10-18(11-9-17)32-21(23)24;/h3-11,19,21,31H,12-14H2,1-2H3,(H2,25,26,27);1H. The van der Waals surface area contributed by atoms with Crippen molar-refractivity contribution in [3.8, 4) is 5.75 Å². The second-order valence-electron chi connectivity index (χ2n) is 7.07. The summed E-state index contributed by atoms with van der Waals surface area (Å²) < 4.78 is 30.8. The van der Waals surface area contributed by atoms with E-state index in [0.29, 0.717) is 24.6 Å². The molecule has 0 aliphatic heterocycles. The minimum Gasteiger partial charge on any atom is -0.435 e. The minimum absolute atomic E-state index is 0. The van der Waals surface area contributed by atoms with Crippen LogP contribution in [0.4, 0.5) is 8.78 Å². The zero-order chi connectivity index (χ0) is 22.9. The summed E-state index contributed by atoms with van der Waals surface area (Å²) in [6.07, 6.45) is -0.878. The van der Waals surface area contributed by atoms with Gasteiger partial charge in [-0.3, -0.25) is 0 Å². The highest BCUT2D eigenvalue weighted by molar-refractivity contribution is 14.0. The van der Waals surface area contributed by atoms with Gasteiger partial charge in [0.15, 0.2) is 11.8 Å². The molecule has 0 fully saturated rings. The third kappa shape index (κ3) is 8.24. The lowest BCUT2D eigenvalue weighted by molar-refractivity contribution is -0.0498. The molecule has 8 nitrogen and oxygen atoms in total. The Balaban J connectivity index is 0.00000385. The van der Waals surface area contributed by atoms with Crippen LogP contribution in [0, 0.1) is 6.92 Å². The van der Waals surface area contributed by atoms with E-state index < -0.39 is 12.7 Å². The van der Waals surface area contributed by atoms with Crippen LogP contribution in [-0.4, -0.2) is 39.0 Å². The molecular weight excluding hydrogens is 545 g/mol. The third-order valence-corrected chi connectivity index (χ3v) is 4.81. The number of hydrogen-bond donors (Lipinski definition) is 3. The SMILES string of the molecule is Cc1nnc(CNC(=NCc2ccccc2)NCC(O)c2ccc(OC(F)F)cc2)n1C.I. The summed E-state index contributed by atoms with van der Waals surface area (Å²) in [5.74, 6) is 2.07. The van der Waals surface area contributed by atoms with Gasteiger partial charge in [0.2, 0.25) is 0 Å². The number of guanidine groups is 1. The Bertz CT molecular complexity index is 1020. The molecule has 0 amide bonds. The first-order valence-corrected chi connectivity index (χ1v) is 10.1. The van der Waals surface area contributed by atoms with Crippen molar-refractivity contribution in [1.82, 2.24) is 25.4 Å². The van der Waals surface area contributed by atoms with Crippen LogP contribution in [0.1, 0.15) is 28.9 Å². The molecule has 0 saturated heterocycles. The smallest absolute Gasteiger partial charge is 0.387 e. The van der Waals surface area contributed by atoms with Crippen molar-refractivity contribution in [3.05, 3.63) is 77.4 Å². The number of halogens is 3. The van der Waals surface area contributed by atoms with Crippen LogP contribution in [0.15, 0.2) is 59.6 Å². The molecule has 0 aliphatic carbocycles. The van der Waals surface area contributed by atoms with E-state index in [1.165, 1.54) is 12.1 Å². The zero-order valence-corrected chi connectivity index (χ0v) is 20.6. The van der Waals surface area contributed by atoms with E-state index in [9.17, 15) is 13.9 Å². The van der Waals surface area contributed by atoms with E-state index in [0.717, 1.165) is 17.2 Å². The first kappa shape index (κ1) is 26.5. The normalized spacial score (nSPS) is 12.2. The molecule has 33 heavy (non-hydrogen) atoms. The van der Waals surface area contributed by atoms with Crippen LogP contribution in [0.2, 0.25) is 0 Å². The molecule has 3 N–H and O–H groups in total. The summed E-state index contributed by atoms with van der Waals surface area (Å²) in [5.41, 5.74) is 1.60. The summed E-state index contributed by atoms with van der Waals surface area (Å²) in [4.78, 5) is 4.58. The number of aliphatic hydroxyl groups is 1. The minimum atomic E-state index is -2.89. The zero-order valence-electron chi connectivity index (χ0n) is 18.3. The number of nitrogens with zero attached hydrogens (tertiary/aromatic N) is 4. The van der Waals surface area contributed by atoms with Gasteiger partial charge in [0.25, 0.3) is 0 Å². The monoisotopic (exact) mass is 572 g/mol. The van der Waals surface area contributed by atoms with Crippen LogP contribution in [0.25, 0.3) is 0 Å². The highest BCUT2D eigenvalue weighted by Crippen LogP contribution is 2.19. The highest BCUT2D eigenvalue weighted by atomic mass is 127. The topological polar surface area (TPSA) is 96.6 Å². The largest absolute Gasteiger partial charge is 0.435 e. The first-order valence-electron chi connectivity index (χ1n) is 10.1. The lowest BCUT2D eigenvalue weighted by Gasteiger charge is -2.16. The fraction of sp³-hybridized carbons (Fsp3) is 0.318. The molecule has 2 aromatic carbocycles. The van der Waals surface area contributed by atoms with Gasteiger partial charge in [-0.15, -0.1) is 34.2 Å². The van der Waals surface area contributed by atoms with Crippen molar-refractivity contribution in [2.75, 3.05) is 6.54 Å². The lowest BCUT2D eigenvalue weighted by atomic mass is 10.1. The average Bonchev–Trinajstić information content (AvgIpc) is 3.11. The Morgan fingerprint density at radius 3 is 2.39 bits per heavy atom. The van der Waals surface area contributed by atoms with E-state index in [2.05, 4.69) is 30.6 Å². The molecular formula is C22H27F2IN6O2. The average molecular weight is 572 g/mol. The van der Waals surface area contributed by atoms with Gasteiger partial charge in [-0.1, -0.05) is 42.5 Å². The van der Waals surface area contributed by atoms with Gasteiger partial charge in [-0.25, -0.2) is 4.99 Å². The fourth-order valence-electron chi connectivity index (χ4n) is 2.88. The van der Waals surface area contributed by atoms with E-state index in [4.69, 9.17) is 0 Å². The number of aliphatic imine (C=N–C) groups is 1. The molecule has 3 aromatic rings. The predicted octanol–water partition coefficient (Wildman–Crippen LogP) is 3.31. The van der Waals surface area contributed by atoms with Crippen LogP contribution in [0.5, 0.6) is 5.75 Å². The van der Waals surface area contributed by atoms with Gasteiger partial charge in [0.1, 0.15) is 11.6 Å². The number of aromatic nitrogens is 3. The van der Waals surface area contributed by atoms with Crippen molar-refractivity contribution in [2.45, 2.75) is 32.7 Å². The van der Waals surface area contributed by atoms with Crippen LogP contribution >= 0.6 is 24.0 Å². The molecule has 0 radical (unpaired) electrons. The Kier molecular flexibility index (Phi) is 10.5. The molecule has 1 unspecified atom stereocenters. The molecule has 1 heterocycles. The third-order valence-electron chi connectivity index (χ3n) is 4.81. The second kappa shape index (κ2) is 13.0. The number of aryl methyl sites for hydroxylation is 1. The Labute approximate surface area is 208 Å². The maximum absolute atomic E-state index is 12.3. The molecule has 0 saturated carbocycles. The van der Waals surface area contributed by atoms with E-state index in [1.807, 2.05) is 48.9 Å². The van der Waals surface area contributed by atoms with Gasteiger partial charge in [0, 0.05) is 13.6 Å². The predicted molar refractivity (Wildman–Crippen MR) is 132 cm³/mol. The van der Waals surface area contributed by atoms with Crippen molar-refractivity contribution in [3.63, 3.8) is 0 Å². The van der Waals surface area contributed by atoms with Crippen molar-refractivity contribution < 1.29 is 18.6 Å². The van der Waals surface area contributed by atoms with Crippen molar-refractivity contribution in [2.24, 2.45) is 12.0 Å². The summed E-state index contributed by atoms with van der Waals surface area (Å²) >= 11 is 0. The van der Waals surface area contributed by atoms with Crippen LogP contribution < -0.4 is 15.4 Å². The molecule has 1 aromatic heterocycles. The second-order valence-corrected chi connectivity index (χ2v) is 7.07. The van der Waals surface area contributed by atoms with Crippen molar-refractivity contribution in [1.29, 1.82) is 0 Å². The molecule has 0 aliphatic rings. The quantitative estimate of drug-likeness (QED) is 0.207. The summed E-state index contributed by atoms with van der Waals surface area (Å²) in [7, 11) is 1.88. The first-order chi connectivity index (χ1) is 15.4. The highest BCUT2D eigenvalue weighted by Gasteiger charge is 2.12. The summed E-state index contributed by atoms with van der Waals surface area (Å²) in [6.45, 7) is -0.0161. The van der Waals surface area contributed by atoms with Crippen LogP contribution in [0.3, 0.4) is 0 Å². The Hall–Kier alpha value is -2.80. The van der Waals surface area contributed by atoms with Gasteiger partial charge in [0.05, 0.1) is 19.2 Å². The van der Waals surface area contributed by atoms with Gasteiger partial charge >= 0.3 is 6.61 Å². The molecule has 178 valence electrons. The number of hydrogen-bond acceptors (Lipinski definition) is 5. The molecule has 3 rings (SSSR count). The maximum atomic E-state index is 12.3. The number of ether oxygens (including phenoxy) is 1. The van der Waals surface area contributed by atoms with Crippen molar-refractivity contribution >= 4 is 29.9 Å². The Morgan fingerprint density at radius 2 is 1.79 bits per heavy atom. The molecule has 1 atom stereocenters. The Morgan fingerprint density at radius 1 is 1.09 bits per heavy atom. The van der Waals surface area contributed by atoms with Gasteiger partial charge in [-0.2, -0.15) is 8.78 Å². The number of benzene rings is 2. The summed E-state index contributed by atoms with van der Waals surface area (Å²) in [6, 6.07) is 15.7. The number of rotatable bonds is 9. The van der Waals surface area contributed by atoms with Gasteiger partial charge in [-0.05, 0) is 30.2 Å². The van der Waals surface area contributed by atoms with E-state index in [1.54, 1.807) is 12.1 Å². The van der Waals surface area contributed by atoms with E-state index >= 15 is 0 Å². The maximum Gasteiger partial charge on any atom is 0.387 e.